The van der Waals surface area contributed by atoms with Gasteiger partial charge in [-0.2, -0.15) is 0 Å². The first-order chi connectivity index (χ1) is 14.6. The smallest absolute Gasteiger partial charge is 0.304 e. The summed E-state index contributed by atoms with van der Waals surface area (Å²) < 4.78 is 11.5. The molecule has 2 aliphatic rings. The number of hydrogen-bond donors (Lipinski definition) is 1. The molecule has 1 unspecified atom stereocenters. The number of carbonyl (C=O) groups is 1. The lowest BCUT2D eigenvalue weighted by Crippen LogP contribution is -2.46. The Labute approximate surface area is 189 Å². The summed E-state index contributed by atoms with van der Waals surface area (Å²) in [5.41, 5.74) is 2.15. The van der Waals surface area contributed by atoms with E-state index in [0.717, 1.165) is 61.2 Å². The summed E-state index contributed by atoms with van der Waals surface area (Å²) in [6.45, 7) is 6.14. The van der Waals surface area contributed by atoms with Crippen molar-refractivity contribution in [2.75, 3.05) is 50.8 Å². The molecule has 168 valence electrons. The summed E-state index contributed by atoms with van der Waals surface area (Å²) in [6.07, 6.45) is 1.05. The van der Waals surface area contributed by atoms with Crippen molar-refractivity contribution in [3.8, 4) is 11.5 Å². The van der Waals surface area contributed by atoms with Crippen molar-refractivity contribution in [1.29, 1.82) is 0 Å². The van der Waals surface area contributed by atoms with E-state index in [-0.39, 0.29) is 19.8 Å². The summed E-state index contributed by atoms with van der Waals surface area (Å²) in [7, 11) is 0. The van der Waals surface area contributed by atoms with Gasteiger partial charge in [0.2, 0.25) is 0 Å². The molecule has 1 N–H and O–H groups in total. The van der Waals surface area contributed by atoms with E-state index in [2.05, 4.69) is 15.9 Å². The van der Waals surface area contributed by atoms with Crippen LogP contribution in [0.2, 0.25) is 5.02 Å². The molecule has 1 saturated heterocycles. The second kappa shape index (κ2) is 10.7. The predicted molar refractivity (Wildman–Crippen MR) is 124 cm³/mol. The van der Waals surface area contributed by atoms with Gasteiger partial charge in [0.1, 0.15) is 11.5 Å². The fraction of sp³-hybridized carbons (Fsp3) is 0.458. The van der Waals surface area contributed by atoms with Crippen molar-refractivity contribution in [2.24, 2.45) is 0 Å². The molecule has 0 amide bonds. The van der Waals surface area contributed by atoms with Crippen molar-refractivity contribution in [3.05, 3.63) is 53.1 Å². The van der Waals surface area contributed by atoms with Crippen LogP contribution in [0, 0.1) is 0 Å². The molecule has 2 aromatic rings. The number of aliphatic carboxylic acids is 1. The Kier molecular flexibility index (Phi) is 8.04. The molecular weight excluding hydrogens is 416 g/mol. The zero-order valence-electron chi connectivity index (χ0n) is 16.9. The predicted octanol–water partition coefficient (Wildman–Crippen LogP) is 4.52. The summed E-state index contributed by atoms with van der Waals surface area (Å²) in [5, 5.41) is 9.78. The monoisotopic (exact) mass is 446 g/mol. The summed E-state index contributed by atoms with van der Waals surface area (Å²) in [5.74, 6) is 0.647. The molecule has 2 aliphatic heterocycles. The van der Waals surface area contributed by atoms with E-state index in [0.29, 0.717) is 13.2 Å². The first-order valence-electron chi connectivity index (χ1n) is 10.4. The Morgan fingerprint density at radius 2 is 1.97 bits per heavy atom. The molecule has 0 bridgehead atoms. The van der Waals surface area contributed by atoms with Gasteiger partial charge in [-0.05, 0) is 30.7 Å². The molecule has 2 heterocycles. The summed E-state index contributed by atoms with van der Waals surface area (Å²) >= 11 is 6.10. The molecule has 1 atom stereocenters. The van der Waals surface area contributed by atoms with Crippen LogP contribution in [0.5, 0.6) is 11.5 Å². The number of benzene rings is 2. The van der Waals surface area contributed by atoms with Gasteiger partial charge in [0.15, 0.2) is 0 Å². The van der Waals surface area contributed by atoms with Gasteiger partial charge in [-0.3, -0.25) is 9.69 Å². The third-order valence-corrected chi connectivity index (χ3v) is 5.95. The number of halogens is 1. The van der Waals surface area contributed by atoms with E-state index in [1.54, 1.807) is 0 Å². The van der Waals surface area contributed by atoms with Crippen LogP contribution in [0.25, 0.3) is 0 Å². The number of carboxylic acids is 1. The third-order valence-electron chi connectivity index (χ3n) is 5.72. The number of nitrogens with zero attached hydrogens (tertiary/aromatic N) is 2. The van der Waals surface area contributed by atoms with Crippen LogP contribution in [0.1, 0.15) is 31.7 Å². The lowest BCUT2D eigenvalue weighted by atomic mass is 9.98. The Balaban J connectivity index is 0.00000272. The molecule has 0 aliphatic carbocycles. The molecule has 0 saturated carbocycles. The SMILES string of the molecule is C.O=C(O)CC1COc2cc(OCCCN3CCN(c4cccc(Cl)c4)CC3)ccc21. The lowest BCUT2D eigenvalue weighted by molar-refractivity contribution is -0.137. The molecule has 2 aromatic carbocycles. The molecule has 1 fully saturated rings. The van der Waals surface area contributed by atoms with Crippen LogP contribution in [0.3, 0.4) is 0 Å². The highest BCUT2D eigenvalue weighted by molar-refractivity contribution is 6.30. The van der Waals surface area contributed by atoms with Crippen molar-refractivity contribution in [2.45, 2.75) is 26.2 Å². The van der Waals surface area contributed by atoms with Gasteiger partial charge in [0, 0.05) is 61.0 Å². The topological polar surface area (TPSA) is 62.2 Å². The fourth-order valence-electron chi connectivity index (χ4n) is 4.11. The van der Waals surface area contributed by atoms with E-state index in [9.17, 15) is 4.79 Å². The normalized spacial score (nSPS) is 18.1. The van der Waals surface area contributed by atoms with E-state index in [4.69, 9.17) is 26.2 Å². The van der Waals surface area contributed by atoms with Gasteiger partial charge in [0.05, 0.1) is 19.6 Å². The minimum absolute atomic E-state index is 0. The van der Waals surface area contributed by atoms with Crippen LogP contribution in [0.15, 0.2) is 42.5 Å². The zero-order chi connectivity index (χ0) is 20.9. The number of carboxylic acid groups (broad SMARTS) is 1. The van der Waals surface area contributed by atoms with Crippen molar-refractivity contribution >= 4 is 23.3 Å². The van der Waals surface area contributed by atoms with Crippen LogP contribution in [-0.4, -0.2) is 61.9 Å². The van der Waals surface area contributed by atoms with Gasteiger partial charge in [-0.25, -0.2) is 0 Å². The van der Waals surface area contributed by atoms with Crippen LogP contribution < -0.4 is 14.4 Å². The molecule has 7 heteroatoms. The number of ether oxygens (including phenoxy) is 2. The Morgan fingerprint density at radius 3 is 2.71 bits per heavy atom. The average molecular weight is 447 g/mol. The standard InChI is InChI=1S/C23H27ClN2O4.CH4/c24-18-3-1-4-19(14-18)26-10-8-25(9-11-26)7-2-12-29-20-5-6-21-17(13-23(27)28)16-30-22(21)15-20;/h1,3-6,14-15,17H,2,7-13,16H2,(H,27,28);1H4. The highest BCUT2D eigenvalue weighted by Crippen LogP contribution is 2.38. The van der Waals surface area contributed by atoms with Crippen molar-refractivity contribution < 1.29 is 19.4 Å². The highest BCUT2D eigenvalue weighted by atomic mass is 35.5. The van der Waals surface area contributed by atoms with Crippen molar-refractivity contribution in [3.63, 3.8) is 0 Å². The highest BCUT2D eigenvalue weighted by Gasteiger charge is 2.26. The van der Waals surface area contributed by atoms with Gasteiger partial charge in [-0.15, -0.1) is 0 Å². The van der Waals surface area contributed by atoms with Crippen LogP contribution in [-0.2, 0) is 4.79 Å². The minimum Gasteiger partial charge on any atom is -0.493 e. The minimum atomic E-state index is -0.801. The molecule has 31 heavy (non-hydrogen) atoms. The van der Waals surface area contributed by atoms with E-state index in [1.165, 1.54) is 5.69 Å². The first-order valence-corrected chi connectivity index (χ1v) is 10.8. The molecule has 0 radical (unpaired) electrons. The molecule has 4 rings (SSSR count). The third kappa shape index (κ3) is 6.05. The van der Waals surface area contributed by atoms with Gasteiger partial charge in [0.25, 0.3) is 0 Å². The second-order valence-electron chi connectivity index (χ2n) is 7.82. The van der Waals surface area contributed by atoms with Crippen LogP contribution >= 0.6 is 11.6 Å². The number of rotatable bonds is 8. The number of piperazine rings is 1. The van der Waals surface area contributed by atoms with Crippen LogP contribution in [0.4, 0.5) is 5.69 Å². The molecule has 0 spiro atoms. The molecule has 0 aromatic heterocycles. The largest absolute Gasteiger partial charge is 0.493 e. The fourth-order valence-corrected chi connectivity index (χ4v) is 4.29. The zero-order valence-corrected chi connectivity index (χ0v) is 17.7. The number of hydrogen-bond acceptors (Lipinski definition) is 5. The Hall–Kier alpha value is -2.44. The molecule has 6 nitrogen and oxygen atoms in total. The number of anilines is 1. The van der Waals surface area contributed by atoms with E-state index >= 15 is 0 Å². The second-order valence-corrected chi connectivity index (χ2v) is 8.25. The van der Waals surface area contributed by atoms with E-state index in [1.807, 2.05) is 36.4 Å². The maximum atomic E-state index is 10.9. The van der Waals surface area contributed by atoms with E-state index < -0.39 is 5.97 Å². The molecular formula is C24H31ClN2O4. The average Bonchev–Trinajstić information content (AvgIpc) is 3.13. The van der Waals surface area contributed by atoms with Gasteiger partial charge in [-0.1, -0.05) is 31.2 Å². The van der Waals surface area contributed by atoms with Crippen molar-refractivity contribution in [1.82, 2.24) is 4.90 Å². The maximum Gasteiger partial charge on any atom is 0.304 e. The van der Waals surface area contributed by atoms with Gasteiger partial charge >= 0.3 is 5.97 Å². The first kappa shape index (κ1) is 23.2. The number of fused-ring (bicyclic) bond motifs is 1. The maximum absolute atomic E-state index is 10.9. The summed E-state index contributed by atoms with van der Waals surface area (Å²) in [6, 6.07) is 13.8. The quantitative estimate of drug-likeness (QED) is 0.601. The summed E-state index contributed by atoms with van der Waals surface area (Å²) in [4.78, 5) is 15.8. The lowest BCUT2D eigenvalue weighted by Gasteiger charge is -2.36. The Bertz CT molecular complexity index is 884. The Morgan fingerprint density at radius 1 is 1.16 bits per heavy atom. The van der Waals surface area contributed by atoms with Gasteiger partial charge < -0.3 is 19.5 Å².